The molecule has 0 rings (SSSR count). The number of carboxylic acid groups (broad SMARTS) is 4. The molecule has 0 N–H and O–H groups in total. The molecule has 0 spiro atoms. The van der Waals surface area contributed by atoms with Crippen LogP contribution in [0.5, 0.6) is 0 Å². The first-order valence-electron chi connectivity index (χ1n) is 6.28. The monoisotopic (exact) mass is 586 g/mol. The molecule has 0 aromatic heterocycles. The predicted octanol–water partition coefficient (Wildman–Crippen LogP) is -3.43. The molecule has 0 aromatic rings. The molecule has 0 radical (unpaired) electrons. The van der Waals surface area contributed by atoms with Crippen LogP contribution in [0.3, 0.4) is 0 Å². The molecule has 14 heteroatoms. The third-order valence-corrected chi connectivity index (χ3v) is 0.408. The van der Waals surface area contributed by atoms with Gasteiger partial charge >= 0.3 is 34.8 Å². The molecule has 0 atom stereocenters. The summed E-state index contributed by atoms with van der Waals surface area (Å²) < 4.78 is 33.8. The van der Waals surface area contributed by atoms with E-state index in [-0.39, 0.29) is 27.3 Å². The second-order valence-corrected chi connectivity index (χ2v) is 3.00. The fraction of sp³-hybridized carbons (Fsp3) is 0.667. The van der Waals surface area contributed by atoms with Gasteiger partial charge in [-0.3, -0.25) is 12.9 Å². The molecule has 0 aromatic carbocycles. The van der Waals surface area contributed by atoms with Crippen LogP contribution in [0.2, 0.25) is 0 Å². The maximum Gasteiger partial charge on any atom is 4.00 e. The zero-order valence-corrected chi connectivity index (χ0v) is 19.2. The molecule has 0 heterocycles. The minimum atomic E-state index is -3.67. The predicted molar refractivity (Wildman–Crippen MR) is 79.7 cm³/mol. The number of aliphatic carboxylic acids is 4. The van der Waals surface area contributed by atoms with Gasteiger partial charge in [0.05, 0.1) is 0 Å². The van der Waals surface area contributed by atoms with E-state index in [0.717, 1.165) is 40.9 Å². The Bertz CT molecular complexity index is 254. The second-order valence-electron chi connectivity index (χ2n) is 3.00. The smallest absolute Gasteiger partial charge is 0.550 e. The van der Waals surface area contributed by atoms with E-state index >= 15 is 0 Å². The van der Waals surface area contributed by atoms with Crippen LogP contribution in [0.4, 0.5) is 12.9 Å². The summed E-state index contributed by atoms with van der Waals surface area (Å²) in [6.07, 6.45) is 0. The maximum absolute atomic E-state index is 9.67. The van der Waals surface area contributed by atoms with Crippen molar-refractivity contribution in [1.29, 1.82) is 0 Å². The van der Waals surface area contributed by atoms with Crippen LogP contribution in [0, 0.1) is 0 Å². The molecular formula is C12H22BF3O9Pb. The summed E-state index contributed by atoms with van der Waals surface area (Å²) in [6.45, 7) is 9.56. The van der Waals surface area contributed by atoms with Crippen molar-refractivity contribution in [2.45, 2.75) is 41.5 Å². The Labute approximate surface area is 170 Å². The van der Waals surface area contributed by atoms with E-state index in [1.54, 1.807) is 0 Å². The van der Waals surface area contributed by atoms with E-state index in [2.05, 4.69) is 0 Å². The summed E-state index contributed by atoms with van der Waals surface area (Å²) in [4.78, 5) is 35.6. The molecule has 0 amide bonds. The van der Waals surface area contributed by atoms with Crippen molar-refractivity contribution in [3.63, 3.8) is 0 Å². The van der Waals surface area contributed by atoms with Crippen molar-refractivity contribution >= 4 is 58.7 Å². The van der Waals surface area contributed by atoms with Gasteiger partial charge in [0, 0.05) is 37.1 Å². The number of hydrogen-bond acceptors (Lipinski definition) is 9. The summed E-state index contributed by atoms with van der Waals surface area (Å²) in [5.41, 5.74) is 0. The Balaban J connectivity index is -0.0000000331. The zero-order chi connectivity index (χ0) is 22.0. The van der Waals surface area contributed by atoms with Crippen LogP contribution in [0.25, 0.3) is 0 Å². The van der Waals surface area contributed by atoms with Crippen molar-refractivity contribution in [3.05, 3.63) is 0 Å². The summed E-state index contributed by atoms with van der Waals surface area (Å²) in [7, 11) is -3.67. The second kappa shape index (κ2) is 43.8. The van der Waals surface area contributed by atoms with Crippen LogP contribution in [0.15, 0.2) is 0 Å². The quantitative estimate of drug-likeness (QED) is 0.300. The van der Waals surface area contributed by atoms with Gasteiger partial charge in [-0.05, 0) is 41.5 Å². The van der Waals surface area contributed by atoms with Crippen molar-refractivity contribution in [2.75, 3.05) is 13.2 Å². The molecule has 0 aliphatic rings. The average molecular weight is 585 g/mol. The summed E-state index contributed by atoms with van der Waals surface area (Å²) in [5, 5.41) is 35.6. The molecule has 0 aliphatic heterocycles. The molecule has 0 fully saturated rings. The molecule has 152 valence electrons. The van der Waals surface area contributed by atoms with Crippen molar-refractivity contribution in [3.8, 4) is 0 Å². The van der Waals surface area contributed by atoms with Gasteiger partial charge in [-0.15, -0.1) is 0 Å². The first-order valence-corrected chi connectivity index (χ1v) is 6.28. The minimum absolute atomic E-state index is 0. The van der Waals surface area contributed by atoms with Gasteiger partial charge in [-0.25, -0.2) is 0 Å². The molecule has 0 saturated carbocycles. The van der Waals surface area contributed by atoms with E-state index in [1.807, 2.05) is 13.8 Å². The first-order chi connectivity index (χ1) is 11.1. The minimum Gasteiger partial charge on any atom is -0.550 e. The van der Waals surface area contributed by atoms with Crippen LogP contribution in [0.1, 0.15) is 41.5 Å². The molecule has 0 aliphatic carbocycles. The fourth-order valence-electron chi connectivity index (χ4n) is 0.204. The van der Waals surface area contributed by atoms with Crippen LogP contribution in [-0.2, 0) is 23.9 Å². The van der Waals surface area contributed by atoms with E-state index in [9.17, 15) is 12.9 Å². The number of ether oxygens (including phenoxy) is 1. The molecule has 9 nitrogen and oxygen atoms in total. The Kier molecular flexibility index (Phi) is 74.4. The SMILES string of the molecule is CC(=O)[O-].CC(=O)[O-].CC(=O)[O-].CC(=O)[O-].CCOCC.FB(F)F.[Pb+4]. The number of carbonyl (C=O) groups is 4. The Morgan fingerprint density at radius 3 is 0.769 bits per heavy atom. The van der Waals surface area contributed by atoms with Gasteiger partial charge in [0.1, 0.15) is 0 Å². The van der Waals surface area contributed by atoms with Crippen LogP contribution < -0.4 is 20.4 Å². The Hall–Kier alpha value is -1.38. The van der Waals surface area contributed by atoms with Gasteiger partial charge in [0.15, 0.2) is 0 Å². The molecule has 0 saturated heterocycles. The molecule has 0 unspecified atom stereocenters. The van der Waals surface area contributed by atoms with Gasteiger partial charge in [0.25, 0.3) is 0 Å². The van der Waals surface area contributed by atoms with Gasteiger partial charge in [-0.1, -0.05) is 0 Å². The normalized spacial score (nSPS) is 6.50. The number of carboxylic acids is 4. The maximum atomic E-state index is 9.67. The number of halogens is 3. The van der Waals surface area contributed by atoms with Gasteiger partial charge in [-0.2, -0.15) is 0 Å². The summed E-state index contributed by atoms with van der Waals surface area (Å²) in [6, 6.07) is 0. The largest absolute Gasteiger partial charge is 4.00 e. The fourth-order valence-corrected chi connectivity index (χ4v) is 0.204. The molecular weight excluding hydrogens is 563 g/mol. The van der Waals surface area contributed by atoms with E-state index < -0.39 is 31.4 Å². The van der Waals surface area contributed by atoms with E-state index in [0.29, 0.717) is 0 Å². The first kappa shape index (κ1) is 44.2. The van der Waals surface area contributed by atoms with Crippen molar-refractivity contribution in [1.82, 2.24) is 0 Å². The Morgan fingerprint density at radius 1 is 0.692 bits per heavy atom. The third kappa shape index (κ3) is 27800. The van der Waals surface area contributed by atoms with Crippen LogP contribution in [-0.4, -0.2) is 71.9 Å². The Morgan fingerprint density at radius 2 is 0.769 bits per heavy atom. The number of hydrogen-bond donors (Lipinski definition) is 0. The molecule has 26 heavy (non-hydrogen) atoms. The van der Waals surface area contributed by atoms with Crippen LogP contribution >= 0.6 is 0 Å². The van der Waals surface area contributed by atoms with Gasteiger partial charge < -0.3 is 44.3 Å². The number of rotatable bonds is 2. The molecule has 0 bridgehead atoms. The zero-order valence-electron chi connectivity index (χ0n) is 15.3. The van der Waals surface area contributed by atoms with E-state index in [4.69, 9.17) is 44.3 Å². The standard InChI is InChI=1S/C4H10O.4C2H4O2.BF3.Pb/c1-3-5-4-2;4*1-2(3)4;2-1(3)4;/h3-4H2,1-2H3;4*1H3,(H,3,4);;/q;;;;;;+4/p-4. The van der Waals surface area contributed by atoms with Gasteiger partial charge in [0.2, 0.25) is 0 Å². The summed E-state index contributed by atoms with van der Waals surface area (Å²) >= 11 is 0. The topological polar surface area (TPSA) is 170 Å². The van der Waals surface area contributed by atoms with E-state index in [1.165, 1.54) is 0 Å². The number of carbonyl (C=O) groups excluding carboxylic acids is 4. The third-order valence-electron chi connectivity index (χ3n) is 0.408. The van der Waals surface area contributed by atoms with Crippen molar-refractivity contribution in [2.24, 2.45) is 0 Å². The van der Waals surface area contributed by atoms with Crippen molar-refractivity contribution < 1.29 is 57.3 Å². The summed E-state index contributed by atoms with van der Waals surface area (Å²) in [5.74, 6) is -4.33. The average Bonchev–Trinajstić information content (AvgIpc) is 2.25.